The van der Waals surface area contributed by atoms with E-state index in [0.29, 0.717) is 16.3 Å². The smallest absolute Gasteiger partial charge is 0.335 e. The van der Waals surface area contributed by atoms with Crippen LogP contribution in [0.4, 0.5) is 0 Å². The Morgan fingerprint density at radius 2 is 2.11 bits per heavy atom. The first-order valence-electron chi connectivity index (χ1n) is 9.81. The number of amides is 1. The Labute approximate surface area is 170 Å². The fourth-order valence-electron chi connectivity index (χ4n) is 3.87. The van der Waals surface area contributed by atoms with Gasteiger partial charge >= 0.3 is 5.97 Å². The lowest BCUT2D eigenvalue weighted by Gasteiger charge is -2.25. The second kappa shape index (κ2) is 8.35. The lowest BCUT2D eigenvalue weighted by atomic mass is 10.1. The molecule has 1 unspecified atom stereocenters. The van der Waals surface area contributed by atoms with Gasteiger partial charge in [0.2, 0.25) is 0 Å². The predicted octanol–water partition coefficient (Wildman–Crippen LogP) is 4.08. The number of hydrogen-bond donors (Lipinski definition) is 0. The largest absolute Gasteiger partial charge is 0.464 e. The van der Waals surface area contributed by atoms with Crippen molar-refractivity contribution < 1.29 is 14.3 Å². The number of esters is 1. The summed E-state index contributed by atoms with van der Waals surface area (Å²) >= 11 is 6.35. The molecular formula is C21H26ClN3O3. The quantitative estimate of drug-likeness (QED) is 0.721. The first kappa shape index (κ1) is 20.4. The number of nitrogens with zero attached hydrogens (tertiary/aromatic N) is 3. The molecule has 0 aliphatic carbocycles. The number of imidazole rings is 1. The van der Waals surface area contributed by atoms with Crippen LogP contribution >= 0.6 is 11.6 Å². The van der Waals surface area contributed by atoms with Crippen molar-refractivity contribution in [3.63, 3.8) is 0 Å². The van der Waals surface area contributed by atoms with Crippen LogP contribution in [0.3, 0.4) is 0 Å². The van der Waals surface area contributed by atoms with E-state index in [2.05, 4.69) is 4.98 Å². The van der Waals surface area contributed by atoms with Crippen LogP contribution in [-0.4, -0.2) is 32.9 Å². The van der Waals surface area contributed by atoms with E-state index in [9.17, 15) is 9.59 Å². The molecule has 4 rings (SSSR count). The van der Waals surface area contributed by atoms with E-state index in [-0.39, 0.29) is 19.1 Å². The van der Waals surface area contributed by atoms with Gasteiger partial charge in [-0.1, -0.05) is 25.4 Å². The molecule has 3 heterocycles. The average molecular weight is 404 g/mol. The Hall–Kier alpha value is -2.34. The summed E-state index contributed by atoms with van der Waals surface area (Å²) in [5.41, 5.74) is 3.86. The van der Waals surface area contributed by atoms with Crippen LogP contribution < -0.4 is 0 Å². The molecular weight excluding hydrogens is 378 g/mol. The van der Waals surface area contributed by atoms with Crippen molar-refractivity contribution in [2.45, 2.75) is 59.7 Å². The maximum Gasteiger partial charge on any atom is 0.335 e. The molecule has 1 aromatic carbocycles. The Bertz CT molecular complexity index is 907. The lowest BCUT2D eigenvalue weighted by Crippen LogP contribution is -2.36. The second-order valence-corrected chi connectivity index (χ2v) is 7.14. The van der Waals surface area contributed by atoms with E-state index in [1.165, 1.54) is 4.90 Å². The number of hydrogen-bond acceptors (Lipinski definition) is 4. The van der Waals surface area contributed by atoms with E-state index in [4.69, 9.17) is 16.3 Å². The Balaban J connectivity index is 0.00000109. The zero-order chi connectivity index (χ0) is 20.4. The maximum atomic E-state index is 13.1. The van der Waals surface area contributed by atoms with Crippen LogP contribution in [0.15, 0.2) is 18.5 Å². The van der Waals surface area contributed by atoms with Crippen LogP contribution in [0.25, 0.3) is 0 Å². The number of ether oxygens (including phenoxy) is 1. The molecule has 2 aliphatic heterocycles. The fourth-order valence-corrected chi connectivity index (χ4v) is 4.20. The predicted molar refractivity (Wildman–Crippen MR) is 107 cm³/mol. The first-order valence-corrected chi connectivity index (χ1v) is 10.2. The van der Waals surface area contributed by atoms with Gasteiger partial charge in [0.25, 0.3) is 5.91 Å². The molecule has 7 heteroatoms. The summed E-state index contributed by atoms with van der Waals surface area (Å²) in [6.07, 6.45) is 3.61. The molecule has 0 bridgehead atoms. The van der Waals surface area contributed by atoms with Crippen molar-refractivity contribution in [3.05, 3.63) is 51.6 Å². The molecule has 2 aromatic rings. The van der Waals surface area contributed by atoms with Gasteiger partial charge in [-0.15, -0.1) is 0 Å². The minimum Gasteiger partial charge on any atom is -0.464 e. The molecule has 6 nitrogen and oxygen atoms in total. The third-order valence-corrected chi connectivity index (χ3v) is 5.37. The van der Waals surface area contributed by atoms with Crippen LogP contribution in [0.1, 0.15) is 66.1 Å². The van der Waals surface area contributed by atoms with Gasteiger partial charge in [-0.05, 0) is 44.4 Å². The van der Waals surface area contributed by atoms with Crippen molar-refractivity contribution in [2.75, 3.05) is 6.61 Å². The summed E-state index contributed by atoms with van der Waals surface area (Å²) in [4.78, 5) is 31.8. The van der Waals surface area contributed by atoms with E-state index in [1.54, 1.807) is 13.3 Å². The molecule has 150 valence electrons. The van der Waals surface area contributed by atoms with Crippen LogP contribution in [0, 0.1) is 6.92 Å². The first-order chi connectivity index (χ1) is 13.5. The van der Waals surface area contributed by atoms with Crippen molar-refractivity contribution in [1.29, 1.82) is 0 Å². The van der Waals surface area contributed by atoms with Gasteiger partial charge in [0.15, 0.2) is 6.04 Å². The van der Waals surface area contributed by atoms with E-state index in [1.807, 2.05) is 37.5 Å². The number of benzene rings is 1. The zero-order valence-electron chi connectivity index (χ0n) is 16.8. The van der Waals surface area contributed by atoms with E-state index >= 15 is 0 Å². The van der Waals surface area contributed by atoms with Gasteiger partial charge in [0, 0.05) is 34.9 Å². The van der Waals surface area contributed by atoms with Gasteiger partial charge in [-0.25, -0.2) is 9.78 Å². The van der Waals surface area contributed by atoms with E-state index < -0.39 is 12.0 Å². The van der Waals surface area contributed by atoms with Crippen LogP contribution in [0.2, 0.25) is 5.02 Å². The molecule has 0 fully saturated rings. The monoisotopic (exact) mass is 403 g/mol. The molecule has 28 heavy (non-hydrogen) atoms. The summed E-state index contributed by atoms with van der Waals surface area (Å²) in [6.45, 7) is 9.07. The molecule has 0 N–H and O–H groups in total. The summed E-state index contributed by atoms with van der Waals surface area (Å²) < 4.78 is 7.33. The number of aryl methyl sites for hydroxylation is 2. The van der Waals surface area contributed by atoms with Gasteiger partial charge in [0.05, 0.1) is 18.6 Å². The highest BCUT2D eigenvalue weighted by Crippen LogP contribution is 2.37. The van der Waals surface area contributed by atoms with Crippen LogP contribution in [0.5, 0.6) is 0 Å². The van der Waals surface area contributed by atoms with Crippen LogP contribution in [-0.2, 0) is 29.0 Å². The van der Waals surface area contributed by atoms with Crippen molar-refractivity contribution in [3.8, 4) is 0 Å². The van der Waals surface area contributed by atoms with Gasteiger partial charge < -0.3 is 14.2 Å². The van der Waals surface area contributed by atoms with Crippen molar-refractivity contribution in [1.82, 2.24) is 14.5 Å². The van der Waals surface area contributed by atoms with Crippen molar-refractivity contribution >= 4 is 23.5 Å². The third-order valence-electron chi connectivity index (χ3n) is 5.03. The Morgan fingerprint density at radius 3 is 2.82 bits per heavy atom. The second-order valence-electron chi connectivity index (χ2n) is 6.73. The highest BCUT2D eigenvalue weighted by atomic mass is 35.5. The summed E-state index contributed by atoms with van der Waals surface area (Å²) in [5.74, 6) is -0.654. The summed E-state index contributed by atoms with van der Waals surface area (Å²) in [6, 6.07) is 2.81. The number of halogens is 1. The van der Waals surface area contributed by atoms with E-state index in [0.717, 1.165) is 36.2 Å². The molecule has 0 radical (unpaired) electrons. The summed E-state index contributed by atoms with van der Waals surface area (Å²) in [7, 11) is 0. The fraction of sp³-hybridized carbons (Fsp3) is 0.476. The number of rotatable bonds is 4. The van der Waals surface area contributed by atoms with Gasteiger partial charge in [-0.2, -0.15) is 0 Å². The minimum absolute atomic E-state index is 0.205. The standard InChI is InChI=1S/C19H20ClN3O3.C2H6/c1-3-26-19(25)17(16-15-5-4-6-22(15)10-21-16)23-9-13-12(18(23)24)7-11(2)8-14(13)20;1-2/h7-8,10,17H,3-6,9H2,1-2H3;1-2H3. The molecule has 0 spiro atoms. The minimum atomic E-state index is -0.847. The Morgan fingerprint density at radius 1 is 1.36 bits per heavy atom. The van der Waals surface area contributed by atoms with Gasteiger partial charge in [0.1, 0.15) is 0 Å². The topological polar surface area (TPSA) is 64.4 Å². The average Bonchev–Trinajstić information content (AvgIpc) is 3.35. The molecule has 1 atom stereocenters. The number of aromatic nitrogens is 2. The zero-order valence-corrected chi connectivity index (χ0v) is 17.5. The number of carbonyl (C=O) groups is 2. The lowest BCUT2D eigenvalue weighted by molar-refractivity contribution is -0.149. The molecule has 2 aliphatic rings. The maximum absolute atomic E-state index is 13.1. The van der Waals surface area contributed by atoms with Gasteiger partial charge in [-0.3, -0.25) is 4.79 Å². The molecule has 1 aromatic heterocycles. The molecule has 1 amide bonds. The molecule has 0 saturated carbocycles. The number of carbonyl (C=O) groups excluding carboxylic acids is 2. The third kappa shape index (κ3) is 3.41. The number of fused-ring (bicyclic) bond motifs is 2. The Kier molecular flexibility index (Phi) is 6.08. The normalized spacial score (nSPS) is 15.6. The van der Waals surface area contributed by atoms with Crippen molar-refractivity contribution in [2.24, 2.45) is 0 Å². The highest BCUT2D eigenvalue weighted by Gasteiger charge is 2.42. The highest BCUT2D eigenvalue weighted by molar-refractivity contribution is 6.32. The SMILES string of the molecule is CC.CCOC(=O)C(c1ncn2c1CCC2)N1Cc2c(Cl)cc(C)cc2C1=O. The summed E-state index contributed by atoms with van der Waals surface area (Å²) in [5, 5.41) is 0.550. The molecule has 0 saturated heterocycles.